The van der Waals surface area contributed by atoms with Crippen LogP contribution in [0.25, 0.3) is 0 Å². The molecule has 2 fully saturated rings. The molecule has 0 aromatic rings. The first-order valence-corrected chi connectivity index (χ1v) is 17.5. The van der Waals surface area contributed by atoms with Gasteiger partial charge in [-0.15, -0.1) is 0 Å². The average Bonchev–Trinajstić information content (AvgIpc) is 3.08. The van der Waals surface area contributed by atoms with Crippen molar-refractivity contribution >= 4 is 5.91 Å². The number of carbonyl (C=O) groups is 1. The molecule has 9 N–H and O–H groups in total. The van der Waals surface area contributed by atoms with Gasteiger partial charge in [0.25, 0.3) is 0 Å². The Morgan fingerprint density at radius 2 is 1.55 bits per heavy atom. The van der Waals surface area contributed by atoms with Crippen molar-refractivity contribution < 1.29 is 64.6 Å². The van der Waals surface area contributed by atoms with Gasteiger partial charge in [0.2, 0.25) is 5.91 Å². The average molecular weight is 682 g/mol. The molecule has 0 aromatic carbocycles. The maximum atomic E-state index is 13.9. The number of hydrogen-bond acceptors (Lipinski definition) is 13. The summed E-state index contributed by atoms with van der Waals surface area (Å²) >= 11 is 0. The van der Waals surface area contributed by atoms with Gasteiger partial charge >= 0.3 is 0 Å². The Bertz CT molecular complexity index is 837. The quantitative estimate of drug-likeness (QED) is 0.0652. The molecule has 1 saturated carbocycles. The van der Waals surface area contributed by atoms with E-state index in [2.05, 4.69) is 19.2 Å². The summed E-state index contributed by atoms with van der Waals surface area (Å²) in [7, 11) is 0. The zero-order valence-corrected chi connectivity index (χ0v) is 28.5. The van der Waals surface area contributed by atoms with Gasteiger partial charge in [-0.2, -0.15) is 0 Å². The van der Waals surface area contributed by atoms with Gasteiger partial charge in [-0.25, -0.2) is 0 Å². The van der Waals surface area contributed by atoms with Crippen LogP contribution in [0.5, 0.6) is 0 Å². The fourth-order valence-electron chi connectivity index (χ4n) is 6.90. The summed E-state index contributed by atoms with van der Waals surface area (Å²) < 4.78 is 22.6. The summed E-state index contributed by atoms with van der Waals surface area (Å²) in [5.74, 6) is 0.266. The highest BCUT2D eigenvalue weighted by Gasteiger charge is 2.45. The van der Waals surface area contributed by atoms with Gasteiger partial charge in [-0.1, -0.05) is 58.8 Å². The summed E-state index contributed by atoms with van der Waals surface area (Å²) in [5.41, 5.74) is -0.144. The summed E-state index contributed by atoms with van der Waals surface area (Å²) in [6.07, 6.45) is -0.715. The number of nitrogens with one attached hydrogen (secondary N) is 1. The zero-order valence-electron chi connectivity index (χ0n) is 28.5. The Morgan fingerprint density at radius 3 is 2.11 bits per heavy atom. The van der Waals surface area contributed by atoms with E-state index >= 15 is 0 Å². The number of rotatable bonds is 23. The molecule has 2 aliphatic rings. The summed E-state index contributed by atoms with van der Waals surface area (Å²) in [5, 5.41) is 82.1. The Kier molecular flexibility index (Phi) is 19.7. The maximum Gasteiger partial charge on any atom is 0.220 e. The third-order valence-corrected chi connectivity index (χ3v) is 9.76. The Morgan fingerprint density at radius 1 is 0.915 bits per heavy atom. The molecule has 14 nitrogen and oxygen atoms in total. The second-order valence-electron chi connectivity index (χ2n) is 13.4. The van der Waals surface area contributed by atoms with Gasteiger partial charge < -0.3 is 65.1 Å². The Hall–Kier alpha value is -1.01. The van der Waals surface area contributed by atoms with Crippen molar-refractivity contribution in [2.24, 2.45) is 11.3 Å². The number of unbranched alkanes of at least 4 members (excludes halogenated alkanes) is 2. The summed E-state index contributed by atoms with van der Waals surface area (Å²) in [6, 6.07) is -0.803. The monoisotopic (exact) mass is 681 g/mol. The standard InChI is InChI=1S/C33H63NO13/c1-4-6-13-33(14-7-5-2,22-11-9-8-10-12-22)15-27(39)34-23(19-44-21(3)46-25(17-36)28(40)24(38)16-35)20-45-32-31(43)30(42)29(41)26(18-37)47-32/h21-26,28-32,35-38,40-43H,4-20H2,1-3H3,(H,34,39)/t21?,23?,24-,25?,26?,28+,29-,30+,31?,32-/m0/s1. The molecular weight excluding hydrogens is 618 g/mol. The van der Waals surface area contributed by atoms with Crippen LogP contribution in [0.3, 0.4) is 0 Å². The molecule has 0 radical (unpaired) electrons. The number of ether oxygens (including phenoxy) is 4. The van der Waals surface area contributed by atoms with E-state index in [1.807, 2.05) is 0 Å². The predicted octanol–water partition coefficient (Wildman–Crippen LogP) is 0.0791. The van der Waals surface area contributed by atoms with E-state index < -0.39 is 81.2 Å². The highest BCUT2D eigenvalue weighted by atomic mass is 16.7. The molecule has 47 heavy (non-hydrogen) atoms. The van der Waals surface area contributed by atoms with Gasteiger partial charge in [-0.05, 0) is 43.9 Å². The molecule has 1 aliphatic heterocycles. The highest BCUT2D eigenvalue weighted by molar-refractivity contribution is 5.77. The number of amides is 1. The van der Waals surface area contributed by atoms with Crippen LogP contribution >= 0.6 is 0 Å². The van der Waals surface area contributed by atoms with Crippen LogP contribution in [-0.2, 0) is 23.7 Å². The number of carbonyl (C=O) groups excluding carboxylic acids is 1. The van der Waals surface area contributed by atoms with E-state index in [1.165, 1.54) is 13.3 Å². The molecule has 1 amide bonds. The smallest absolute Gasteiger partial charge is 0.220 e. The topological polar surface area (TPSA) is 228 Å². The van der Waals surface area contributed by atoms with Gasteiger partial charge in [0.05, 0.1) is 39.1 Å². The fourth-order valence-corrected chi connectivity index (χ4v) is 6.90. The maximum absolute atomic E-state index is 13.9. The lowest BCUT2D eigenvalue weighted by Crippen LogP contribution is -2.59. The van der Waals surface area contributed by atoms with E-state index in [1.54, 1.807) is 0 Å². The second kappa shape index (κ2) is 21.9. The first-order valence-electron chi connectivity index (χ1n) is 17.5. The van der Waals surface area contributed by atoms with Crippen molar-refractivity contribution in [2.75, 3.05) is 33.0 Å². The lowest BCUT2D eigenvalue weighted by molar-refractivity contribution is -0.302. The largest absolute Gasteiger partial charge is 0.394 e. The molecule has 2 rings (SSSR count). The van der Waals surface area contributed by atoms with E-state index in [9.17, 15) is 40.5 Å². The predicted molar refractivity (Wildman–Crippen MR) is 171 cm³/mol. The lowest BCUT2D eigenvalue weighted by atomic mass is 9.62. The molecule has 1 saturated heterocycles. The van der Waals surface area contributed by atoms with Crippen LogP contribution in [0.1, 0.15) is 97.8 Å². The van der Waals surface area contributed by atoms with Crippen molar-refractivity contribution in [2.45, 2.75) is 159 Å². The fraction of sp³-hybridized carbons (Fsp3) is 0.970. The zero-order chi connectivity index (χ0) is 35.0. The van der Waals surface area contributed by atoms with E-state index in [-0.39, 0.29) is 24.5 Å². The van der Waals surface area contributed by atoms with Crippen LogP contribution in [-0.4, -0.2) is 141 Å². The molecule has 10 atom stereocenters. The van der Waals surface area contributed by atoms with E-state index in [0.29, 0.717) is 12.3 Å². The van der Waals surface area contributed by atoms with Gasteiger partial charge in [-0.3, -0.25) is 4.79 Å². The summed E-state index contributed by atoms with van der Waals surface area (Å²) in [4.78, 5) is 13.9. The molecule has 0 spiro atoms. The number of aliphatic hydroxyl groups is 8. The van der Waals surface area contributed by atoms with Crippen molar-refractivity contribution in [1.29, 1.82) is 0 Å². The third kappa shape index (κ3) is 13.0. The second-order valence-corrected chi connectivity index (χ2v) is 13.4. The van der Waals surface area contributed by atoms with E-state index in [4.69, 9.17) is 24.1 Å². The molecule has 0 bridgehead atoms. The first kappa shape index (κ1) is 42.2. The third-order valence-electron chi connectivity index (χ3n) is 9.76. The summed E-state index contributed by atoms with van der Waals surface area (Å²) in [6.45, 7) is 3.39. The number of aliphatic hydroxyl groups excluding tert-OH is 8. The SMILES string of the molecule is CCCCC(CCCC)(CC(=O)NC(COC(C)OC(CO)[C@H](O)[C@@H](O)CO)CO[C@H]1OC(CO)[C@H](O)[C@@H](O)C1O)C1CCCCC1. The molecule has 0 aromatic heterocycles. The molecule has 1 aliphatic carbocycles. The van der Waals surface area contributed by atoms with Crippen LogP contribution in [0.15, 0.2) is 0 Å². The van der Waals surface area contributed by atoms with Crippen LogP contribution in [0, 0.1) is 11.3 Å². The molecule has 1 heterocycles. The molecule has 278 valence electrons. The highest BCUT2D eigenvalue weighted by Crippen LogP contribution is 2.48. The van der Waals surface area contributed by atoms with E-state index in [0.717, 1.165) is 64.2 Å². The minimum absolute atomic E-state index is 0.144. The normalized spacial score (nSPS) is 27.6. The van der Waals surface area contributed by atoms with Gasteiger partial charge in [0.15, 0.2) is 12.6 Å². The van der Waals surface area contributed by atoms with Crippen molar-refractivity contribution in [1.82, 2.24) is 5.32 Å². The van der Waals surface area contributed by atoms with Gasteiger partial charge in [0, 0.05) is 6.42 Å². The first-order chi connectivity index (χ1) is 22.5. The molecule has 5 unspecified atom stereocenters. The lowest BCUT2D eigenvalue weighted by Gasteiger charge is -2.43. The van der Waals surface area contributed by atoms with Gasteiger partial charge in [0.1, 0.15) is 42.7 Å². The van der Waals surface area contributed by atoms with Crippen molar-refractivity contribution in [3.8, 4) is 0 Å². The molecule has 14 heteroatoms. The van der Waals surface area contributed by atoms with Crippen molar-refractivity contribution in [3.63, 3.8) is 0 Å². The van der Waals surface area contributed by atoms with Crippen LogP contribution < -0.4 is 5.32 Å². The minimum atomic E-state index is -1.63. The Balaban J connectivity index is 2.21. The Labute approximate surface area is 279 Å². The van der Waals surface area contributed by atoms with Crippen LogP contribution in [0.2, 0.25) is 0 Å². The number of hydrogen-bond donors (Lipinski definition) is 9. The minimum Gasteiger partial charge on any atom is -0.394 e. The van der Waals surface area contributed by atoms with Crippen LogP contribution in [0.4, 0.5) is 0 Å². The molecular formula is C33H63NO13. The van der Waals surface area contributed by atoms with Crippen molar-refractivity contribution in [3.05, 3.63) is 0 Å².